The van der Waals surface area contributed by atoms with Gasteiger partial charge in [0.2, 0.25) is 0 Å². The Morgan fingerprint density at radius 3 is 2.59 bits per heavy atom. The van der Waals surface area contributed by atoms with Gasteiger partial charge in [0.15, 0.2) is 0 Å². The largest absolute Gasteiger partial charge is 0.468 e. The van der Waals surface area contributed by atoms with Crippen LogP contribution in [0.1, 0.15) is 46.0 Å². The summed E-state index contributed by atoms with van der Waals surface area (Å²) in [5.41, 5.74) is 3.00. The molecule has 2 aromatic carbocycles. The second-order valence-electron chi connectivity index (χ2n) is 9.25. The number of hydrogen-bond acceptors (Lipinski definition) is 3. The molecule has 2 aliphatic rings. The Bertz CT molecular complexity index is 1060. The monoisotopic (exact) mass is 432 g/mol. The van der Waals surface area contributed by atoms with Crippen molar-refractivity contribution in [1.29, 1.82) is 0 Å². The zero-order chi connectivity index (χ0) is 22.1. The predicted octanol–water partition coefficient (Wildman–Crippen LogP) is 5.25. The van der Waals surface area contributed by atoms with Crippen LogP contribution < -0.4 is 0 Å². The average molecular weight is 433 g/mol. The van der Waals surface area contributed by atoms with Crippen molar-refractivity contribution in [2.75, 3.05) is 19.6 Å². The molecule has 1 amide bonds. The number of aryl methyl sites for hydroxylation is 1. The molecule has 1 saturated heterocycles. The van der Waals surface area contributed by atoms with Crippen LogP contribution in [0.4, 0.5) is 4.39 Å². The van der Waals surface area contributed by atoms with Crippen LogP contribution in [0, 0.1) is 18.7 Å². The van der Waals surface area contributed by atoms with Crippen molar-refractivity contribution in [1.82, 2.24) is 9.80 Å². The van der Waals surface area contributed by atoms with Crippen molar-refractivity contribution in [3.63, 3.8) is 0 Å². The summed E-state index contributed by atoms with van der Waals surface area (Å²) in [6.45, 7) is 5.23. The summed E-state index contributed by atoms with van der Waals surface area (Å²) in [5, 5.41) is 0. The van der Waals surface area contributed by atoms with Crippen molar-refractivity contribution < 1.29 is 13.6 Å². The van der Waals surface area contributed by atoms with Gasteiger partial charge in [-0.05, 0) is 67.6 Å². The lowest BCUT2D eigenvalue weighted by molar-refractivity contribution is 0.0710. The van der Waals surface area contributed by atoms with E-state index in [2.05, 4.69) is 9.80 Å². The van der Waals surface area contributed by atoms with Crippen LogP contribution in [-0.4, -0.2) is 41.4 Å². The standard InChI is InChI=1S/C27H29FN2O2/c1-19-4-2-5-21(14-19)27(31)30(24-11-12-24)16-22-15-29(17-25-6-3-13-32-25)18-26(22)20-7-9-23(28)10-8-20/h2-10,13-14,22,24,26H,11-12,15-18H2,1H3/t22-,26-/m0/s1. The number of carbonyl (C=O) groups excluding carboxylic acids is 1. The van der Waals surface area contributed by atoms with E-state index in [9.17, 15) is 9.18 Å². The summed E-state index contributed by atoms with van der Waals surface area (Å²) in [6, 6.07) is 19.0. The molecule has 3 aromatic rings. The minimum Gasteiger partial charge on any atom is -0.468 e. The molecule has 0 unspecified atom stereocenters. The molecule has 0 spiro atoms. The summed E-state index contributed by atoms with van der Waals surface area (Å²) >= 11 is 0. The van der Waals surface area contributed by atoms with Gasteiger partial charge in [-0.3, -0.25) is 9.69 Å². The Hall–Kier alpha value is -2.92. The van der Waals surface area contributed by atoms with E-state index in [1.807, 2.05) is 55.5 Å². The zero-order valence-electron chi connectivity index (χ0n) is 18.4. The first-order valence-electron chi connectivity index (χ1n) is 11.4. The first-order valence-corrected chi connectivity index (χ1v) is 11.4. The number of likely N-dealkylation sites (tertiary alicyclic amines) is 1. The van der Waals surface area contributed by atoms with Crippen LogP contribution in [0.3, 0.4) is 0 Å². The quantitative estimate of drug-likeness (QED) is 0.512. The molecular weight excluding hydrogens is 403 g/mol. The Kier molecular flexibility index (Phi) is 5.83. The fraction of sp³-hybridized carbons (Fsp3) is 0.370. The number of furan rings is 1. The van der Waals surface area contributed by atoms with Gasteiger partial charge < -0.3 is 9.32 Å². The van der Waals surface area contributed by atoms with Crippen molar-refractivity contribution in [3.8, 4) is 0 Å². The summed E-state index contributed by atoms with van der Waals surface area (Å²) in [5.74, 6) is 1.38. The molecule has 2 atom stereocenters. The topological polar surface area (TPSA) is 36.7 Å². The third kappa shape index (κ3) is 4.63. The van der Waals surface area contributed by atoms with Gasteiger partial charge in [0.05, 0.1) is 12.8 Å². The lowest BCUT2D eigenvalue weighted by Crippen LogP contribution is -2.39. The SMILES string of the molecule is Cc1cccc(C(=O)N(C[C@@H]2CN(Cc3ccco3)C[C@H]2c2ccc(F)cc2)C2CC2)c1. The average Bonchev–Trinajstić information content (AvgIpc) is 3.36. The first-order chi connectivity index (χ1) is 15.6. The van der Waals surface area contributed by atoms with Gasteiger partial charge >= 0.3 is 0 Å². The molecule has 0 N–H and O–H groups in total. The van der Waals surface area contributed by atoms with Gasteiger partial charge in [-0.1, -0.05) is 29.8 Å². The molecule has 5 rings (SSSR count). The smallest absolute Gasteiger partial charge is 0.254 e. The molecule has 2 fully saturated rings. The van der Waals surface area contributed by atoms with E-state index in [0.29, 0.717) is 12.6 Å². The fourth-order valence-electron chi connectivity index (χ4n) is 4.97. The zero-order valence-corrected chi connectivity index (χ0v) is 18.4. The Labute approximate surface area is 188 Å². The molecule has 2 heterocycles. The van der Waals surface area contributed by atoms with Crippen LogP contribution in [0.15, 0.2) is 71.3 Å². The van der Waals surface area contributed by atoms with Crippen molar-refractivity contribution in [3.05, 3.63) is 95.2 Å². The highest BCUT2D eigenvalue weighted by Crippen LogP contribution is 2.37. The third-order valence-electron chi connectivity index (χ3n) is 6.72. The molecule has 4 nitrogen and oxygen atoms in total. The highest BCUT2D eigenvalue weighted by atomic mass is 19.1. The van der Waals surface area contributed by atoms with E-state index in [1.165, 1.54) is 12.1 Å². The van der Waals surface area contributed by atoms with Crippen molar-refractivity contribution in [2.24, 2.45) is 5.92 Å². The Morgan fingerprint density at radius 2 is 1.91 bits per heavy atom. The number of carbonyl (C=O) groups is 1. The Morgan fingerprint density at radius 1 is 1.09 bits per heavy atom. The molecule has 0 radical (unpaired) electrons. The second kappa shape index (κ2) is 8.91. The summed E-state index contributed by atoms with van der Waals surface area (Å²) < 4.78 is 19.1. The summed E-state index contributed by atoms with van der Waals surface area (Å²) in [6.07, 6.45) is 3.85. The van der Waals surface area contributed by atoms with Crippen LogP contribution >= 0.6 is 0 Å². The van der Waals surface area contributed by atoms with Gasteiger partial charge in [0, 0.05) is 37.2 Å². The number of rotatable bonds is 7. The number of halogens is 1. The maximum absolute atomic E-state index is 13.6. The molecular formula is C27H29FN2O2. The third-order valence-corrected chi connectivity index (χ3v) is 6.72. The van der Waals surface area contributed by atoms with Gasteiger partial charge in [0.1, 0.15) is 11.6 Å². The number of nitrogens with zero attached hydrogens (tertiary/aromatic N) is 2. The number of benzene rings is 2. The van der Waals surface area contributed by atoms with Crippen LogP contribution in [0.25, 0.3) is 0 Å². The molecule has 5 heteroatoms. The fourth-order valence-corrected chi connectivity index (χ4v) is 4.97. The summed E-state index contributed by atoms with van der Waals surface area (Å²) in [4.78, 5) is 17.9. The van der Waals surface area contributed by atoms with Crippen molar-refractivity contribution in [2.45, 2.75) is 38.3 Å². The summed E-state index contributed by atoms with van der Waals surface area (Å²) in [7, 11) is 0. The first kappa shape index (κ1) is 21.0. The van der Waals surface area contributed by atoms with Crippen molar-refractivity contribution >= 4 is 5.91 Å². The van der Waals surface area contributed by atoms with E-state index in [0.717, 1.165) is 54.9 Å². The van der Waals surface area contributed by atoms with E-state index in [4.69, 9.17) is 4.42 Å². The van der Waals surface area contributed by atoms with E-state index >= 15 is 0 Å². The molecule has 1 aliphatic heterocycles. The second-order valence-corrected chi connectivity index (χ2v) is 9.25. The molecule has 1 aliphatic carbocycles. The van der Waals surface area contributed by atoms with E-state index < -0.39 is 0 Å². The molecule has 1 saturated carbocycles. The lowest BCUT2D eigenvalue weighted by Gasteiger charge is -2.29. The maximum Gasteiger partial charge on any atom is 0.254 e. The molecule has 1 aromatic heterocycles. The highest BCUT2D eigenvalue weighted by Gasteiger charge is 2.40. The minimum atomic E-state index is -0.218. The van der Waals surface area contributed by atoms with Gasteiger partial charge in [-0.2, -0.15) is 0 Å². The van der Waals surface area contributed by atoms with Crippen LogP contribution in [0.2, 0.25) is 0 Å². The van der Waals surface area contributed by atoms with Crippen LogP contribution in [0.5, 0.6) is 0 Å². The maximum atomic E-state index is 13.6. The van der Waals surface area contributed by atoms with E-state index in [1.54, 1.807) is 6.26 Å². The molecule has 0 bridgehead atoms. The van der Waals surface area contributed by atoms with Gasteiger partial charge in [-0.25, -0.2) is 4.39 Å². The Balaban J connectivity index is 1.38. The van der Waals surface area contributed by atoms with Gasteiger partial charge in [0.25, 0.3) is 5.91 Å². The highest BCUT2D eigenvalue weighted by molar-refractivity contribution is 5.94. The molecule has 32 heavy (non-hydrogen) atoms. The number of amides is 1. The number of hydrogen-bond donors (Lipinski definition) is 0. The van der Waals surface area contributed by atoms with E-state index in [-0.39, 0.29) is 23.6 Å². The normalized spacial score (nSPS) is 21.1. The lowest BCUT2D eigenvalue weighted by atomic mass is 9.88. The minimum absolute atomic E-state index is 0.124. The molecule has 166 valence electrons. The predicted molar refractivity (Wildman–Crippen MR) is 122 cm³/mol. The van der Waals surface area contributed by atoms with Gasteiger partial charge in [-0.15, -0.1) is 0 Å². The van der Waals surface area contributed by atoms with Crippen LogP contribution in [-0.2, 0) is 6.54 Å².